The fourth-order valence-corrected chi connectivity index (χ4v) is 1.34. The Balaban J connectivity index is 2.17. The van der Waals surface area contributed by atoms with Gasteiger partial charge in [-0.3, -0.25) is 0 Å². The van der Waals surface area contributed by atoms with E-state index in [0.717, 1.165) is 23.8 Å². The molecule has 3 heteroatoms. The Bertz CT molecular complexity index is 429. The molecule has 0 amide bonds. The highest BCUT2D eigenvalue weighted by atomic mass is 16.3. The number of hydrogen-bond donors (Lipinski definition) is 1. The predicted molar refractivity (Wildman–Crippen MR) is 57.4 cm³/mol. The Labute approximate surface area is 87.7 Å². The predicted octanol–water partition coefficient (Wildman–Crippen LogP) is 2.96. The van der Waals surface area contributed by atoms with Crippen molar-refractivity contribution in [2.24, 2.45) is 0 Å². The van der Waals surface area contributed by atoms with E-state index in [2.05, 4.69) is 4.98 Å². The van der Waals surface area contributed by atoms with Crippen LogP contribution in [0.4, 0.5) is 0 Å². The van der Waals surface area contributed by atoms with Crippen molar-refractivity contribution in [2.75, 3.05) is 0 Å². The van der Waals surface area contributed by atoms with Gasteiger partial charge in [0.25, 0.3) is 0 Å². The summed E-state index contributed by atoms with van der Waals surface area (Å²) in [4.78, 5) is 4.06. The minimum Gasteiger partial charge on any atom is -0.516 e. The van der Waals surface area contributed by atoms with Crippen LogP contribution in [-0.2, 0) is 6.42 Å². The number of allylic oxidation sites excluding steroid dienone is 1. The van der Waals surface area contributed by atoms with Gasteiger partial charge in [-0.05, 0) is 30.2 Å². The molecular formula is C12H11NO2. The Morgan fingerprint density at radius 3 is 2.67 bits per heavy atom. The summed E-state index contributed by atoms with van der Waals surface area (Å²) in [6.07, 6.45) is 6.65. The molecule has 0 atom stereocenters. The molecule has 0 saturated carbocycles. The summed E-state index contributed by atoms with van der Waals surface area (Å²) in [6, 6.07) is 7.87. The van der Waals surface area contributed by atoms with Crippen LogP contribution in [-0.4, -0.2) is 10.1 Å². The third-order valence-electron chi connectivity index (χ3n) is 2.09. The van der Waals surface area contributed by atoms with Gasteiger partial charge in [-0.25, -0.2) is 4.98 Å². The molecule has 0 spiro atoms. The molecule has 0 radical (unpaired) electrons. The molecule has 76 valence electrons. The number of aliphatic hydroxyl groups excluding tert-OH is 1. The summed E-state index contributed by atoms with van der Waals surface area (Å²) in [5.41, 5.74) is 2.09. The van der Waals surface area contributed by atoms with Crippen molar-refractivity contribution < 1.29 is 9.52 Å². The van der Waals surface area contributed by atoms with Gasteiger partial charge in [-0.2, -0.15) is 0 Å². The van der Waals surface area contributed by atoms with Gasteiger partial charge in [-0.1, -0.05) is 12.1 Å². The van der Waals surface area contributed by atoms with Gasteiger partial charge < -0.3 is 9.52 Å². The van der Waals surface area contributed by atoms with E-state index in [4.69, 9.17) is 9.52 Å². The summed E-state index contributed by atoms with van der Waals surface area (Å²) in [6.45, 7) is 0. The molecule has 15 heavy (non-hydrogen) atoms. The minimum absolute atomic E-state index is 0.624. The van der Waals surface area contributed by atoms with Crippen LogP contribution in [0.25, 0.3) is 11.5 Å². The zero-order valence-corrected chi connectivity index (χ0v) is 8.13. The van der Waals surface area contributed by atoms with Gasteiger partial charge in [-0.15, -0.1) is 0 Å². The van der Waals surface area contributed by atoms with Gasteiger partial charge in [0.1, 0.15) is 6.26 Å². The van der Waals surface area contributed by atoms with Crippen LogP contribution in [0.3, 0.4) is 0 Å². The van der Waals surface area contributed by atoms with E-state index in [1.807, 2.05) is 24.3 Å². The quantitative estimate of drug-likeness (QED) is 0.776. The highest BCUT2D eigenvalue weighted by Crippen LogP contribution is 2.17. The molecule has 0 unspecified atom stereocenters. The Hall–Kier alpha value is -2.03. The van der Waals surface area contributed by atoms with Crippen molar-refractivity contribution in [3.8, 4) is 11.5 Å². The van der Waals surface area contributed by atoms with Crippen LogP contribution in [0.2, 0.25) is 0 Å². The van der Waals surface area contributed by atoms with E-state index in [1.165, 1.54) is 0 Å². The molecule has 0 aliphatic rings. The van der Waals surface area contributed by atoms with Crippen molar-refractivity contribution in [3.05, 3.63) is 54.6 Å². The molecule has 0 bridgehead atoms. The summed E-state index contributed by atoms with van der Waals surface area (Å²) >= 11 is 0. The van der Waals surface area contributed by atoms with Crippen LogP contribution in [0.1, 0.15) is 5.56 Å². The number of nitrogens with zero attached hydrogens (tertiary/aromatic N) is 1. The molecule has 1 aromatic heterocycles. The average Bonchev–Trinajstić information content (AvgIpc) is 2.80. The van der Waals surface area contributed by atoms with Crippen LogP contribution >= 0.6 is 0 Å². The molecule has 3 nitrogen and oxygen atoms in total. The van der Waals surface area contributed by atoms with Crippen molar-refractivity contribution in [2.45, 2.75) is 6.42 Å². The first kappa shape index (κ1) is 9.52. The number of benzene rings is 1. The average molecular weight is 201 g/mol. The Morgan fingerprint density at radius 1 is 1.27 bits per heavy atom. The normalized spacial score (nSPS) is 10.9. The molecule has 2 rings (SSSR count). The standard InChI is InChI=1S/C12H11NO2/c14-8-1-2-10-3-5-11(6-4-10)12-13-7-9-15-12/h1,3-9,14H,2H2/b8-1+. The largest absolute Gasteiger partial charge is 0.516 e. The van der Waals surface area contributed by atoms with Crippen molar-refractivity contribution >= 4 is 0 Å². The summed E-state index contributed by atoms with van der Waals surface area (Å²) < 4.78 is 5.18. The lowest BCUT2D eigenvalue weighted by molar-refractivity contribution is 0.471. The molecule has 2 aromatic rings. The highest BCUT2D eigenvalue weighted by Gasteiger charge is 2.00. The van der Waals surface area contributed by atoms with Crippen LogP contribution in [0.5, 0.6) is 0 Å². The topological polar surface area (TPSA) is 46.3 Å². The third-order valence-corrected chi connectivity index (χ3v) is 2.09. The fourth-order valence-electron chi connectivity index (χ4n) is 1.34. The summed E-state index contributed by atoms with van der Waals surface area (Å²) in [7, 11) is 0. The van der Waals surface area contributed by atoms with Crippen LogP contribution < -0.4 is 0 Å². The first-order valence-electron chi connectivity index (χ1n) is 4.68. The van der Waals surface area contributed by atoms with E-state index in [9.17, 15) is 0 Å². The Morgan fingerprint density at radius 2 is 2.07 bits per heavy atom. The second kappa shape index (κ2) is 4.46. The van der Waals surface area contributed by atoms with Crippen molar-refractivity contribution in [1.82, 2.24) is 4.98 Å². The number of aromatic nitrogens is 1. The smallest absolute Gasteiger partial charge is 0.225 e. The SMILES string of the molecule is O/C=C/Cc1ccc(-c2ncco2)cc1. The summed E-state index contributed by atoms with van der Waals surface area (Å²) in [5, 5.41) is 8.53. The van der Waals surface area contributed by atoms with Crippen molar-refractivity contribution in [3.63, 3.8) is 0 Å². The first-order valence-corrected chi connectivity index (χ1v) is 4.68. The fraction of sp³-hybridized carbons (Fsp3) is 0.0833. The molecule has 1 heterocycles. The van der Waals surface area contributed by atoms with E-state index in [-0.39, 0.29) is 0 Å². The molecule has 1 N–H and O–H groups in total. The molecular weight excluding hydrogens is 190 g/mol. The maximum absolute atomic E-state index is 8.53. The van der Waals surface area contributed by atoms with E-state index in [1.54, 1.807) is 18.5 Å². The lowest BCUT2D eigenvalue weighted by Gasteiger charge is -1.98. The van der Waals surface area contributed by atoms with Gasteiger partial charge >= 0.3 is 0 Å². The number of oxazole rings is 1. The lowest BCUT2D eigenvalue weighted by Crippen LogP contribution is -1.82. The van der Waals surface area contributed by atoms with E-state index in [0.29, 0.717) is 5.89 Å². The maximum Gasteiger partial charge on any atom is 0.225 e. The number of rotatable bonds is 3. The van der Waals surface area contributed by atoms with Crippen molar-refractivity contribution in [1.29, 1.82) is 0 Å². The second-order valence-electron chi connectivity index (χ2n) is 3.12. The van der Waals surface area contributed by atoms with Crippen LogP contribution in [0, 0.1) is 0 Å². The maximum atomic E-state index is 8.53. The zero-order valence-electron chi connectivity index (χ0n) is 8.13. The van der Waals surface area contributed by atoms with Gasteiger partial charge in [0.2, 0.25) is 5.89 Å². The van der Waals surface area contributed by atoms with E-state index >= 15 is 0 Å². The van der Waals surface area contributed by atoms with Crippen LogP contribution in [0.15, 0.2) is 53.5 Å². The monoisotopic (exact) mass is 201 g/mol. The minimum atomic E-state index is 0.624. The molecule has 1 aromatic carbocycles. The number of aliphatic hydroxyl groups is 1. The van der Waals surface area contributed by atoms with E-state index < -0.39 is 0 Å². The lowest BCUT2D eigenvalue weighted by atomic mass is 10.1. The van der Waals surface area contributed by atoms with Gasteiger partial charge in [0, 0.05) is 5.56 Å². The number of hydrogen-bond acceptors (Lipinski definition) is 3. The molecule has 0 aliphatic carbocycles. The highest BCUT2D eigenvalue weighted by molar-refractivity contribution is 5.53. The first-order chi connectivity index (χ1) is 7.40. The molecule has 0 saturated heterocycles. The zero-order chi connectivity index (χ0) is 10.5. The third kappa shape index (κ3) is 2.26. The Kier molecular flexibility index (Phi) is 2.83. The molecule has 0 aliphatic heterocycles. The second-order valence-corrected chi connectivity index (χ2v) is 3.12. The van der Waals surface area contributed by atoms with Gasteiger partial charge in [0.05, 0.1) is 12.5 Å². The molecule has 0 fully saturated rings. The summed E-state index contributed by atoms with van der Waals surface area (Å²) in [5.74, 6) is 0.624. The van der Waals surface area contributed by atoms with Gasteiger partial charge in [0.15, 0.2) is 0 Å².